The largest absolute Gasteiger partial charge is 0.207 e. The van der Waals surface area contributed by atoms with Crippen LogP contribution in [-0.4, -0.2) is 0 Å². The molecule has 0 radical (unpaired) electrons. The van der Waals surface area contributed by atoms with Gasteiger partial charge in [-0.3, -0.25) is 0 Å². The van der Waals surface area contributed by atoms with Crippen molar-refractivity contribution in [3.8, 4) is 0 Å². The highest BCUT2D eigenvalue weighted by atomic mass is 19.1. The van der Waals surface area contributed by atoms with Crippen LogP contribution in [0.5, 0.6) is 0 Å². The quantitative estimate of drug-likeness (QED) is 0.628. The Morgan fingerprint density at radius 2 is 2.08 bits per heavy atom. The normalized spacial score (nSPS) is 10.1. The van der Waals surface area contributed by atoms with E-state index in [9.17, 15) is 8.78 Å². The van der Waals surface area contributed by atoms with E-state index >= 15 is 0 Å². The first kappa shape index (κ1) is 9.90. The molecule has 0 aliphatic rings. The lowest BCUT2D eigenvalue weighted by Crippen LogP contribution is -1.93. The maximum absolute atomic E-state index is 13.1. The number of allylic oxidation sites excluding steroid dienone is 1. The van der Waals surface area contributed by atoms with E-state index in [-0.39, 0.29) is 0 Å². The van der Waals surface area contributed by atoms with Crippen LogP contribution in [0.15, 0.2) is 30.4 Å². The maximum Gasteiger partial charge on any atom is 0.129 e. The van der Waals surface area contributed by atoms with Gasteiger partial charge in [-0.1, -0.05) is 25.1 Å². The molecule has 70 valence electrons. The maximum atomic E-state index is 13.1. The van der Waals surface area contributed by atoms with Crippen LogP contribution in [0.25, 0.3) is 0 Å². The lowest BCUT2D eigenvalue weighted by molar-refractivity contribution is 0.574. The third-order valence-electron chi connectivity index (χ3n) is 1.96. The van der Waals surface area contributed by atoms with E-state index in [1.54, 1.807) is 0 Å². The average Bonchev–Trinajstić information content (AvgIpc) is 2.09. The highest BCUT2D eigenvalue weighted by molar-refractivity contribution is 5.23. The van der Waals surface area contributed by atoms with Crippen molar-refractivity contribution in [1.29, 1.82) is 0 Å². The predicted molar refractivity (Wildman–Crippen MR) is 49.5 cm³/mol. The van der Waals surface area contributed by atoms with Gasteiger partial charge in [-0.05, 0) is 24.5 Å². The van der Waals surface area contributed by atoms with Crippen molar-refractivity contribution in [3.05, 3.63) is 47.5 Å². The minimum absolute atomic E-state index is 0.489. The highest BCUT2D eigenvalue weighted by Crippen LogP contribution is 2.14. The molecule has 0 atom stereocenters. The topological polar surface area (TPSA) is 0 Å². The van der Waals surface area contributed by atoms with Crippen molar-refractivity contribution in [2.24, 2.45) is 0 Å². The summed E-state index contributed by atoms with van der Waals surface area (Å²) >= 11 is 0. The van der Waals surface area contributed by atoms with Gasteiger partial charge >= 0.3 is 0 Å². The highest BCUT2D eigenvalue weighted by Gasteiger charge is 2.03. The van der Waals surface area contributed by atoms with E-state index in [2.05, 4.69) is 6.58 Å². The molecule has 1 aromatic rings. The van der Waals surface area contributed by atoms with E-state index in [4.69, 9.17) is 0 Å². The van der Waals surface area contributed by atoms with Gasteiger partial charge < -0.3 is 0 Å². The summed E-state index contributed by atoms with van der Waals surface area (Å²) in [7, 11) is 0. The summed E-state index contributed by atoms with van der Waals surface area (Å²) in [6, 6.07) is 3.63. The Kier molecular flexibility index (Phi) is 3.18. The molecule has 0 bridgehead atoms. The second-order valence-electron chi connectivity index (χ2n) is 3.02. The van der Waals surface area contributed by atoms with Gasteiger partial charge in [0.2, 0.25) is 0 Å². The minimum Gasteiger partial charge on any atom is -0.207 e. The molecule has 0 aromatic heterocycles. The zero-order valence-corrected chi connectivity index (χ0v) is 7.61. The second-order valence-corrected chi connectivity index (χ2v) is 3.02. The van der Waals surface area contributed by atoms with Crippen LogP contribution in [0.3, 0.4) is 0 Å². The standard InChI is InChI=1S/C11H12F2/c1-3-8(2)6-9-4-5-10(12)7-11(9)13/h4-5,7H,2-3,6H2,1H3. The van der Waals surface area contributed by atoms with E-state index in [0.717, 1.165) is 18.1 Å². The first-order valence-electron chi connectivity index (χ1n) is 4.24. The summed E-state index contributed by atoms with van der Waals surface area (Å²) in [5.74, 6) is -1.03. The Balaban J connectivity index is 2.83. The number of halogens is 2. The number of benzene rings is 1. The molecule has 0 saturated carbocycles. The molecule has 13 heavy (non-hydrogen) atoms. The zero-order valence-electron chi connectivity index (χ0n) is 7.61. The van der Waals surface area contributed by atoms with E-state index < -0.39 is 11.6 Å². The van der Waals surface area contributed by atoms with E-state index in [1.807, 2.05) is 6.92 Å². The zero-order chi connectivity index (χ0) is 9.84. The van der Waals surface area contributed by atoms with Crippen LogP contribution >= 0.6 is 0 Å². The molecule has 0 saturated heterocycles. The Bertz CT molecular complexity index is 316. The third kappa shape index (κ3) is 2.65. The van der Waals surface area contributed by atoms with Gasteiger partial charge in [0, 0.05) is 6.07 Å². The van der Waals surface area contributed by atoms with Crippen LogP contribution in [0, 0.1) is 11.6 Å². The molecule has 0 unspecified atom stereocenters. The van der Waals surface area contributed by atoms with Gasteiger partial charge in [0.1, 0.15) is 11.6 Å². The van der Waals surface area contributed by atoms with Crippen molar-refractivity contribution < 1.29 is 8.78 Å². The predicted octanol–water partition coefficient (Wildman–Crippen LogP) is 3.47. The molecule has 2 heteroatoms. The Labute approximate surface area is 76.9 Å². The van der Waals surface area contributed by atoms with Gasteiger partial charge in [0.15, 0.2) is 0 Å². The van der Waals surface area contributed by atoms with Gasteiger partial charge in [-0.15, -0.1) is 0 Å². The summed E-state index contributed by atoms with van der Waals surface area (Å²) < 4.78 is 25.6. The minimum atomic E-state index is -0.539. The molecule has 0 amide bonds. The Morgan fingerprint density at radius 1 is 1.38 bits per heavy atom. The smallest absolute Gasteiger partial charge is 0.129 e. The summed E-state index contributed by atoms with van der Waals surface area (Å²) in [5.41, 5.74) is 1.46. The first-order chi connectivity index (χ1) is 6.13. The van der Waals surface area contributed by atoms with E-state index in [1.165, 1.54) is 12.1 Å². The lowest BCUT2D eigenvalue weighted by atomic mass is 10.0. The van der Waals surface area contributed by atoms with Gasteiger partial charge in [-0.2, -0.15) is 0 Å². The summed E-state index contributed by atoms with van der Waals surface area (Å²) in [6.07, 6.45) is 1.30. The summed E-state index contributed by atoms with van der Waals surface area (Å²) in [6.45, 7) is 5.73. The number of hydrogen-bond acceptors (Lipinski definition) is 0. The monoisotopic (exact) mass is 182 g/mol. The number of hydrogen-bond donors (Lipinski definition) is 0. The van der Waals surface area contributed by atoms with Gasteiger partial charge in [0.05, 0.1) is 0 Å². The molecule has 0 aliphatic carbocycles. The molecule has 0 spiro atoms. The molecule has 0 aliphatic heterocycles. The molecule has 1 rings (SSSR count). The van der Waals surface area contributed by atoms with Gasteiger partial charge in [0.25, 0.3) is 0 Å². The fourth-order valence-corrected chi connectivity index (χ4v) is 1.06. The van der Waals surface area contributed by atoms with Gasteiger partial charge in [-0.25, -0.2) is 8.78 Å². The lowest BCUT2D eigenvalue weighted by Gasteiger charge is -2.03. The molecular formula is C11H12F2. The molecule has 0 nitrogen and oxygen atoms in total. The summed E-state index contributed by atoms with van der Waals surface area (Å²) in [5, 5.41) is 0. The Morgan fingerprint density at radius 3 is 2.62 bits per heavy atom. The van der Waals surface area contributed by atoms with Crippen LogP contribution in [-0.2, 0) is 6.42 Å². The van der Waals surface area contributed by atoms with Crippen molar-refractivity contribution in [2.45, 2.75) is 19.8 Å². The van der Waals surface area contributed by atoms with Crippen molar-refractivity contribution in [2.75, 3.05) is 0 Å². The molecule has 0 heterocycles. The first-order valence-corrected chi connectivity index (χ1v) is 4.24. The van der Waals surface area contributed by atoms with Crippen molar-refractivity contribution in [3.63, 3.8) is 0 Å². The van der Waals surface area contributed by atoms with E-state index in [0.29, 0.717) is 12.0 Å². The van der Waals surface area contributed by atoms with Crippen molar-refractivity contribution >= 4 is 0 Å². The second kappa shape index (κ2) is 4.17. The molecule has 0 N–H and O–H groups in total. The van der Waals surface area contributed by atoms with Crippen LogP contribution < -0.4 is 0 Å². The van der Waals surface area contributed by atoms with Crippen LogP contribution in [0.2, 0.25) is 0 Å². The SMILES string of the molecule is C=C(CC)Cc1ccc(F)cc1F. The van der Waals surface area contributed by atoms with Crippen LogP contribution in [0.1, 0.15) is 18.9 Å². The fourth-order valence-electron chi connectivity index (χ4n) is 1.06. The molecular weight excluding hydrogens is 170 g/mol. The molecule has 1 aromatic carbocycles. The van der Waals surface area contributed by atoms with Crippen molar-refractivity contribution in [1.82, 2.24) is 0 Å². The Hall–Kier alpha value is -1.18. The number of rotatable bonds is 3. The summed E-state index contributed by atoms with van der Waals surface area (Å²) in [4.78, 5) is 0. The fraction of sp³-hybridized carbons (Fsp3) is 0.273. The average molecular weight is 182 g/mol. The van der Waals surface area contributed by atoms with Crippen LogP contribution in [0.4, 0.5) is 8.78 Å². The molecule has 0 fully saturated rings. The third-order valence-corrected chi connectivity index (χ3v) is 1.96.